The minimum atomic E-state index is -0.417. The number of carbonyl (C=O) groups is 1. The number of ether oxygens (including phenoxy) is 1. The van der Waals surface area contributed by atoms with Gasteiger partial charge in [0.1, 0.15) is 5.82 Å². The molecule has 0 fully saturated rings. The second-order valence-corrected chi connectivity index (χ2v) is 5.82. The molecule has 0 aliphatic carbocycles. The van der Waals surface area contributed by atoms with E-state index >= 15 is 0 Å². The summed E-state index contributed by atoms with van der Waals surface area (Å²) < 4.78 is 6.30. The predicted molar refractivity (Wildman–Crippen MR) is 92.6 cm³/mol. The Balaban J connectivity index is 2.13. The number of nitrogens with zero attached hydrogens (tertiary/aromatic N) is 2. The van der Waals surface area contributed by atoms with Gasteiger partial charge in [-0.25, -0.2) is 9.78 Å². The van der Waals surface area contributed by atoms with Crippen molar-refractivity contribution in [2.75, 3.05) is 7.11 Å². The van der Waals surface area contributed by atoms with Gasteiger partial charge < -0.3 is 4.74 Å². The van der Waals surface area contributed by atoms with Gasteiger partial charge in [0, 0.05) is 18.5 Å². The zero-order valence-corrected chi connectivity index (χ0v) is 14.0. The molecule has 0 atom stereocenters. The van der Waals surface area contributed by atoms with Crippen LogP contribution in [-0.4, -0.2) is 22.6 Å². The molecule has 0 saturated carbocycles. The van der Waals surface area contributed by atoms with Crippen molar-refractivity contribution in [3.63, 3.8) is 0 Å². The third-order valence-corrected chi connectivity index (χ3v) is 4.14. The molecule has 0 saturated heterocycles. The zero-order chi connectivity index (χ0) is 17.3. The maximum absolute atomic E-state index is 12.5. The molecule has 0 aliphatic rings. The first kappa shape index (κ1) is 16.2. The summed E-state index contributed by atoms with van der Waals surface area (Å²) in [6, 6.07) is 12.1. The molecule has 3 aromatic rings. The number of esters is 1. The topological polar surface area (TPSA) is 61.2 Å². The van der Waals surface area contributed by atoms with Crippen LogP contribution in [0.3, 0.4) is 0 Å². The predicted octanol–water partition coefficient (Wildman–Crippen LogP) is 2.96. The Morgan fingerprint density at radius 3 is 2.75 bits per heavy atom. The van der Waals surface area contributed by atoms with Crippen molar-refractivity contribution < 1.29 is 9.53 Å². The number of fused-ring (bicyclic) bond motifs is 1. The SMILES string of the molecule is COC(=O)c1ccccc1Cc1nc2cc(Cl)ccc2c(=O)n1C. The van der Waals surface area contributed by atoms with Crippen molar-refractivity contribution in [2.24, 2.45) is 7.05 Å². The van der Waals surface area contributed by atoms with Gasteiger partial charge in [0.15, 0.2) is 0 Å². The minimum absolute atomic E-state index is 0.151. The maximum atomic E-state index is 12.5. The molecular weight excluding hydrogens is 328 g/mol. The highest BCUT2D eigenvalue weighted by Gasteiger charge is 2.15. The molecule has 0 spiro atoms. The quantitative estimate of drug-likeness (QED) is 0.686. The molecule has 5 nitrogen and oxygen atoms in total. The van der Waals surface area contributed by atoms with Crippen LogP contribution in [0.1, 0.15) is 21.7 Å². The average molecular weight is 343 g/mol. The minimum Gasteiger partial charge on any atom is -0.465 e. The Bertz CT molecular complexity index is 995. The first-order chi connectivity index (χ1) is 11.5. The molecule has 6 heteroatoms. The highest BCUT2D eigenvalue weighted by atomic mass is 35.5. The molecule has 122 valence electrons. The summed E-state index contributed by atoms with van der Waals surface area (Å²) in [4.78, 5) is 29.0. The summed E-state index contributed by atoms with van der Waals surface area (Å²) in [5, 5.41) is 1.02. The van der Waals surface area contributed by atoms with Crippen molar-refractivity contribution in [3.8, 4) is 0 Å². The molecule has 2 aromatic carbocycles. The van der Waals surface area contributed by atoms with Gasteiger partial charge >= 0.3 is 5.97 Å². The molecule has 0 radical (unpaired) electrons. The van der Waals surface area contributed by atoms with Crippen LogP contribution in [0, 0.1) is 0 Å². The standard InChI is InChI=1S/C18H15ClN2O3/c1-21-16(9-11-5-3-4-6-13(11)18(23)24-2)20-15-10-12(19)7-8-14(15)17(21)22/h3-8,10H,9H2,1-2H3. The van der Waals surface area contributed by atoms with Gasteiger partial charge in [-0.2, -0.15) is 0 Å². The van der Waals surface area contributed by atoms with Crippen LogP contribution in [0.5, 0.6) is 0 Å². The summed E-state index contributed by atoms with van der Waals surface area (Å²) in [5.41, 5.74) is 1.59. The van der Waals surface area contributed by atoms with E-state index in [9.17, 15) is 9.59 Å². The van der Waals surface area contributed by atoms with Crippen LogP contribution in [0.25, 0.3) is 10.9 Å². The van der Waals surface area contributed by atoms with E-state index in [1.807, 2.05) is 12.1 Å². The molecule has 3 rings (SSSR count). The first-order valence-electron chi connectivity index (χ1n) is 7.32. The van der Waals surface area contributed by atoms with Gasteiger partial charge in [-0.05, 0) is 29.8 Å². The lowest BCUT2D eigenvalue weighted by Crippen LogP contribution is -2.23. The molecule has 24 heavy (non-hydrogen) atoms. The van der Waals surface area contributed by atoms with E-state index in [0.29, 0.717) is 33.7 Å². The van der Waals surface area contributed by atoms with Crippen LogP contribution < -0.4 is 5.56 Å². The second-order valence-electron chi connectivity index (χ2n) is 5.38. The summed E-state index contributed by atoms with van der Waals surface area (Å²) in [5.74, 6) is 0.130. The average Bonchev–Trinajstić information content (AvgIpc) is 2.59. The van der Waals surface area contributed by atoms with Crippen LogP contribution in [0.15, 0.2) is 47.3 Å². The fourth-order valence-electron chi connectivity index (χ4n) is 2.60. The van der Waals surface area contributed by atoms with Crippen molar-refractivity contribution in [2.45, 2.75) is 6.42 Å². The third kappa shape index (κ3) is 2.90. The van der Waals surface area contributed by atoms with E-state index in [-0.39, 0.29) is 5.56 Å². The van der Waals surface area contributed by atoms with Crippen LogP contribution in [0.2, 0.25) is 5.02 Å². The Morgan fingerprint density at radius 1 is 1.25 bits per heavy atom. The number of benzene rings is 2. The Labute approximate surface area is 143 Å². The van der Waals surface area contributed by atoms with Gasteiger partial charge in [0.05, 0.1) is 23.6 Å². The summed E-state index contributed by atoms with van der Waals surface area (Å²) in [7, 11) is 3.00. The fourth-order valence-corrected chi connectivity index (χ4v) is 2.77. The molecule has 0 amide bonds. The van der Waals surface area contributed by atoms with E-state index in [1.165, 1.54) is 11.7 Å². The van der Waals surface area contributed by atoms with Crippen LogP contribution in [-0.2, 0) is 18.2 Å². The maximum Gasteiger partial charge on any atom is 0.338 e. The summed E-state index contributed by atoms with van der Waals surface area (Å²) >= 11 is 6.00. The van der Waals surface area contributed by atoms with E-state index in [4.69, 9.17) is 16.3 Å². The highest BCUT2D eigenvalue weighted by Crippen LogP contribution is 2.18. The van der Waals surface area contributed by atoms with Crippen molar-refractivity contribution in [1.29, 1.82) is 0 Å². The number of rotatable bonds is 3. The normalized spacial score (nSPS) is 10.8. The lowest BCUT2D eigenvalue weighted by molar-refractivity contribution is 0.0599. The van der Waals surface area contributed by atoms with Crippen LogP contribution in [0.4, 0.5) is 0 Å². The van der Waals surface area contributed by atoms with E-state index in [0.717, 1.165) is 5.56 Å². The lowest BCUT2D eigenvalue weighted by atomic mass is 10.0. The number of aromatic nitrogens is 2. The van der Waals surface area contributed by atoms with Gasteiger partial charge in [-0.3, -0.25) is 9.36 Å². The molecular formula is C18H15ClN2O3. The van der Waals surface area contributed by atoms with E-state index in [1.54, 1.807) is 37.4 Å². The Morgan fingerprint density at radius 2 is 2.00 bits per heavy atom. The second kappa shape index (κ2) is 6.45. The third-order valence-electron chi connectivity index (χ3n) is 3.90. The molecule has 0 N–H and O–H groups in total. The monoisotopic (exact) mass is 342 g/mol. The molecule has 0 unspecified atom stereocenters. The van der Waals surface area contributed by atoms with Gasteiger partial charge in [-0.15, -0.1) is 0 Å². The summed E-state index contributed by atoms with van der Waals surface area (Å²) in [6.45, 7) is 0. The molecule has 1 heterocycles. The number of hydrogen-bond acceptors (Lipinski definition) is 4. The molecule has 0 aliphatic heterocycles. The van der Waals surface area contributed by atoms with Crippen LogP contribution >= 0.6 is 11.6 Å². The number of hydrogen-bond donors (Lipinski definition) is 0. The van der Waals surface area contributed by atoms with Gasteiger partial charge in [0.2, 0.25) is 0 Å². The number of carbonyl (C=O) groups excluding carboxylic acids is 1. The summed E-state index contributed by atoms with van der Waals surface area (Å²) in [6.07, 6.45) is 0.333. The lowest BCUT2D eigenvalue weighted by Gasteiger charge is -2.11. The van der Waals surface area contributed by atoms with Gasteiger partial charge in [-0.1, -0.05) is 29.8 Å². The highest BCUT2D eigenvalue weighted by molar-refractivity contribution is 6.31. The van der Waals surface area contributed by atoms with Crippen molar-refractivity contribution in [1.82, 2.24) is 9.55 Å². The van der Waals surface area contributed by atoms with E-state index in [2.05, 4.69) is 4.98 Å². The largest absolute Gasteiger partial charge is 0.465 e. The number of methoxy groups -OCH3 is 1. The Hall–Kier alpha value is -2.66. The Kier molecular flexibility index (Phi) is 4.36. The smallest absolute Gasteiger partial charge is 0.338 e. The van der Waals surface area contributed by atoms with Gasteiger partial charge in [0.25, 0.3) is 5.56 Å². The van der Waals surface area contributed by atoms with Crippen molar-refractivity contribution >= 4 is 28.5 Å². The van der Waals surface area contributed by atoms with E-state index < -0.39 is 5.97 Å². The molecule has 1 aromatic heterocycles. The van der Waals surface area contributed by atoms with Crippen molar-refractivity contribution in [3.05, 3.63) is 74.8 Å². The molecule has 0 bridgehead atoms. The first-order valence-corrected chi connectivity index (χ1v) is 7.70. The number of halogens is 1. The fraction of sp³-hybridized carbons (Fsp3) is 0.167. The zero-order valence-electron chi connectivity index (χ0n) is 13.2.